The van der Waals surface area contributed by atoms with E-state index >= 15 is 0 Å². The maximum atomic E-state index is 12.2. The Hall–Kier alpha value is -3.46. The van der Waals surface area contributed by atoms with E-state index in [0.717, 1.165) is 20.0 Å². The molecule has 0 spiro atoms. The van der Waals surface area contributed by atoms with Crippen molar-refractivity contribution >= 4 is 28.8 Å². The summed E-state index contributed by atoms with van der Waals surface area (Å²) in [6, 6.07) is 12.3. The van der Waals surface area contributed by atoms with Gasteiger partial charge >= 0.3 is 0 Å². The van der Waals surface area contributed by atoms with E-state index in [2.05, 4.69) is 15.7 Å². The lowest BCUT2D eigenvalue weighted by molar-refractivity contribution is -0.124. The van der Waals surface area contributed by atoms with Crippen LogP contribution in [-0.2, 0) is 16.1 Å². The van der Waals surface area contributed by atoms with Gasteiger partial charge in [-0.3, -0.25) is 14.4 Å². The highest BCUT2D eigenvalue weighted by Crippen LogP contribution is 2.25. The van der Waals surface area contributed by atoms with Crippen LogP contribution in [0.2, 0.25) is 0 Å². The minimum absolute atomic E-state index is 0.242. The zero-order valence-electron chi connectivity index (χ0n) is 16.9. The van der Waals surface area contributed by atoms with E-state index in [9.17, 15) is 14.4 Å². The van der Waals surface area contributed by atoms with Crippen LogP contribution in [-0.4, -0.2) is 35.2 Å². The molecule has 156 valence electrons. The Morgan fingerprint density at radius 2 is 1.90 bits per heavy atom. The fourth-order valence-corrected chi connectivity index (χ4v) is 3.58. The van der Waals surface area contributed by atoms with Gasteiger partial charge < -0.3 is 15.4 Å². The first-order valence-corrected chi connectivity index (χ1v) is 10.0. The van der Waals surface area contributed by atoms with Crippen molar-refractivity contribution in [3.8, 4) is 16.3 Å². The fourth-order valence-electron chi connectivity index (χ4n) is 2.75. The number of ether oxygens (including phenoxy) is 1. The Bertz CT molecular complexity index is 1140. The number of thiophene rings is 1. The number of benzene rings is 1. The zero-order chi connectivity index (χ0) is 21.7. The highest BCUT2D eigenvalue weighted by Gasteiger charge is 2.12. The van der Waals surface area contributed by atoms with Gasteiger partial charge in [-0.25, -0.2) is 4.68 Å². The predicted octanol–water partition coefficient (Wildman–Crippen LogP) is 2.35. The van der Waals surface area contributed by atoms with Crippen LogP contribution in [0.25, 0.3) is 10.6 Å². The molecule has 3 aromatic rings. The van der Waals surface area contributed by atoms with Crippen LogP contribution < -0.4 is 20.9 Å². The molecule has 2 N–H and O–H groups in total. The van der Waals surface area contributed by atoms with Crippen LogP contribution in [0.5, 0.6) is 5.75 Å². The van der Waals surface area contributed by atoms with E-state index < -0.39 is 17.4 Å². The first-order valence-electron chi connectivity index (χ1n) is 9.22. The van der Waals surface area contributed by atoms with E-state index in [0.29, 0.717) is 17.1 Å². The van der Waals surface area contributed by atoms with Gasteiger partial charge in [0.05, 0.1) is 24.2 Å². The first kappa shape index (κ1) is 21.3. The number of nitrogens with one attached hydrogen (secondary N) is 2. The summed E-state index contributed by atoms with van der Waals surface area (Å²) in [6.07, 6.45) is 0. The van der Waals surface area contributed by atoms with Crippen molar-refractivity contribution in [2.45, 2.75) is 20.4 Å². The van der Waals surface area contributed by atoms with Gasteiger partial charge in [0.25, 0.3) is 5.56 Å². The summed E-state index contributed by atoms with van der Waals surface area (Å²) < 4.78 is 6.31. The van der Waals surface area contributed by atoms with Crippen LogP contribution in [0.15, 0.2) is 47.3 Å². The lowest BCUT2D eigenvalue weighted by Gasteiger charge is -2.12. The van der Waals surface area contributed by atoms with Crippen molar-refractivity contribution in [2.75, 3.05) is 19.0 Å². The molecule has 0 atom stereocenters. The molecule has 0 fully saturated rings. The lowest BCUT2D eigenvalue weighted by atomic mass is 10.2. The number of carbonyl (C=O) groups excluding carboxylic acids is 2. The van der Waals surface area contributed by atoms with E-state index in [1.54, 1.807) is 29.5 Å². The second-order valence-electron chi connectivity index (χ2n) is 6.65. The zero-order valence-corrected chi connectivity index (χ0v) is 17.7. The number of aromatic nitrogens is 2. The third kappa shape index (κ3) is 5.32. The summed E-state index contributed by atoms with van der Waals surface area (Å²) >= 11 is 1.55. The third-order valence-electron chi connectivity index (χ3n) is 4.23. The number of nitrogens with zero attached hydrogens (tertiary/aromatic N) is 2. The minimum Gasteiger partial charge on any atom is -0.495 e. The number of anilines is 1. The predicted molar refractivity (Wildman–Crippen MR) is 116 cm³/mol. The monoisotopic (exact) mass is 426 g/mol. The SMILES string of the molecule is COc1ccc(C)cc1NC(=O)CNC(=O)Cn1nc(-c2ccc(C)s2)ccc1=O. The van der Waals surface area contributed by atoms with Crippen molar-refractivity contribution in [3.05, 3.63) is 63.3 Å². The van der Waals surface area contributed by atoms with Gasteiger partial charge in [-0.1, -0.05) is 6.07 Å². The van der Waals surface area contributed by atoms with Crippen molar-refractivity contribution in [1.82, 2.24) is 15.1 Å². The second kappa shape index (κ2) is 9.36. The summed E-state index contributed by atoms with van der Waals surface area (Å²) in [5, 5.41) is 9.47. The number of amides is 2. The molecule has 30 heavy (non-hydrogen) atoms. The Kier molecular flexibility index (Phi) is 6.63. The standard InChI is InChI=1S/C21H22N4O4S/c1-13-4-7-17(29-3)16(10-13)23-19(26)11-22-20(27)12-25-21(28)9-6-15(24-25)18-8-5-14(2)30-18/h4-10H,11-12H2,1-3H3,(H,22,27)(H,23,26). The molecule has 2 amide bonds. The molecule has 0 aliphatic rings. The molecule has 0 radical (unpaired) electrons. The molecule has 8 nitrogen and oxygen atoms in total. The van der Waals surface area contributed by atoms with E-state index in [-0.39, 0.29) is 13.1 Å². The Balaban J connectivity index is 1.60. The number of methoxy groups -OCH3 is 1. The van der Waals surface area contributed by atoms with E-state index in [1.165, 1.54) is 13.2 Å². The topological polar surface area (TPSA) is 102 Å². The van der Waals surface area contributed by atoms with Gasteiger partial charge in [0, 0.05) is 10.9 Å². The van der Waals surface area contributed by atoms with Crippen LogP contribution in [0, 0.1) is 13.8 Å². The summed E-state index contributed by atoms with van der Waals surface area (Å²) in [6.45, 7) is 3.36. The number of rotatable bonds is 7. The highest BCUT2D eigenvalue weighted by molar-refractivity contribution is 7.15. The molecule has 0 saturated carbocycles. The molecule has 0 unspecified atom stereocenters. The molecule has 9 heteroatoms. The van der Waals surface area contributed by atoms with Crippen molar-refractivity contribution in [1.29, 1.82) is 0 Å². The average molecular weight is 426 g/mol. The molecule has 0 aliphatic heterocycles. The second-order valence-corrected chi connectivity index (χ2v) is 7.94. The minimum atomic E-state index is -0.490. The van der Waals surface area contributed by atoms with Crippen LogP contribution in [0.3, 0.4) is 0 Å². The number of hydrogen-bond donors (Lipinski definition) is 2. The maximum absolute atomic E-state index is 12.2. The number of carbonyl (C=O) groups is 2. The summed E-state index contributed by atoms with van der Waals surface area (Å²) in [7, 11) is 1.51. The van der Waals surface area contributed by atoms with Gasteiger partial charge in [-0.15, -0.1) is 11.3 Å². The third-order valence-corrected chi connectivity index (χ3v) is 5.25. The summed E-state index contributed by atoms with van der Waals surface area (Å²) in [5.74, 6) is -0.373. The van der Waals surface area contributed by atoms with Crippen LogP contribution in [0.4, 0.5) is 5.69 Å². The molecule has 1 aromatic carbocycles. The molecule has 2 aromatic heterocycles. The summed E-state index contributed by atoms with van der Waals surface area (Å²) in [4.78, 5) is 38.5. The van der Waals surface area contributed by atoms with Crippen LogP contribution in [0.1, 0.15) is 10.4 Å². The lowest BCUT2D eigenvalue weighted by Crippen LogP contribution is -2.37. The van der Waals surface area contributed by atoms with Crippen molar-refractivity contribution in [2.24, 2.45) is 0 Å². The van der Waals surface area contributed by atoms with Gasteiger partial charge in [-0.2, -0.15) is 5.10 Å². The molecule has 3 rings (SSSR count). The Morgan fingerprint density at radius 3 is 2.60 bits per heavy atom. The number of aryl methyl sites for hydroxylation is 2. The molecular weight excluding hydrogens is 404 g/mol. The van der Waals surface area contributed by atoms with Crippen molar-refractivity contribution in [3.63, 3.8) is 0 Å². The Morgan fingerprint density at radius 1 is 1.10 bits per heavy atom. The first-order chi connectivity index (χ1) is 14.4. The normalized spacial score (nSPS) is 10.5. The van der Waals surface area contributed by atoms with Gasteiger partial charge in [0.2, 0.25) is 11.8 Å². The fraction of sp³-hybridized carbons (Fsp3) is 0.238. The van der Waals surface area contributed by atoms with Crippen LogP contribution >= 0.6 is 11.3 Å². The quantitative estimate of drug-likeness (QED) is 0.604. The average Bonchev–Trinajstić information content (AvgIpc) is 3.14. The number of hydrogen-bond acceptors (Lipinski definition) is 6. The molecule has 2 heterocycles. The largest absolute Gasteiger partial charge is 0.495 e. The smallest absolute Gasteiger partial charge is 0.267 e. The molecular formula is C21H22N4O4S. The van der Waals surface area contributed by atoms with Gasteiger partial charge in [-0.05, 0) is 49.7 Å². The highest BCUT2D eigenvalue weighted by atomic mass is 32.1. The molecule has 0 bridgehead atoms. The van der Waals surface area contributed by atoms with Gasteiger partial charge in [0.15, 0.2) is 0 Å². The Labute approximate surface area is 177 Å². The van der Waals surface area contributed by atoms with Gasteiger partial charge in [0.1, 0.15) is 18.0 Å². The van der Waals surface area contributed by atoms with E-state index in [1.807, 2.05) is 32.0 Å². The summed E-state index contributed by atoms with van der Waals surface area (Å²) in [5.41, 5.74) is 1.70. The maximum Gasteiger partial charge on any atom is 0.267 e. The van der Waals surface area contributed by atoms with Crippen molar-refractivity contribution < 1.29 is 14.3 Å². The van der Waals surface area contributed by atoms with E-state index in [4.69, 9.17) is 4.74 Å². The molecule has 0 aliphatic carbocycles. The molecule has 0 saturated heterocycles.